The summed E-state index contributed by atoms with van der Waals surface area (Å²) in [7, 11) is 0. The molecule has 0 radical (unpaired) electrons. The van der Waals surface area contributed by atoms with Gasteiger partial charge >= 0.3 is 0 Å². The van der Waals surface area contributed by atoms with E-state index in [0.29, 0.717) is 18.0 Å². The third-order valence-electron chi connectivity index (χ3n) is 7.22. The van der Waals surface area contributed by atoms with Crippen LogP contribution in [0.3, 0.4) is 0 Å². The lowest BCUT2D eigenvalue weighted by Crippen LogP contribution is -2.60. The van der Waals surface area contributed by atoms with Crippen LogP contribution < -0.4 is 0 Å². The van der Waals surface area contributed by atoms with Crippen LogP contribution in [0.5, 0.6) is 0 Å². The van der Waals surface area contributed by atoms with E-state index in [1.807, 2.05) is 23.9 Å². The van der Waals surface area contributed by atoms with Gasteiger partial charge in [0, 0.05) is 42.2 Å². The van der Waals surface area contributed by atoms with Crippen molar-refractivity contribution in [3.05, 3.63) is 66.4 Å². The summed E-state index contributed by atoms with van der Waals surface area (Å²) in [4.78, 5) is 22.5. The molecule has 1 atom stereocenters. The Morgan fingerprint density at radius 2 is 1.92 bits per heavy atom. The van der Waals surface area contributed by atoms with Crippen molar-refractivity contribution in [1.82, 2.24) is 28.6 Å². The molecule has 1 saturated heterocycles. The summed E-state index contributed by atoms with van der Waals surface area (Å²) in [5.41, 5.74) is 4.09. The van der Waals surface area contributed by atoms with Gasteiger partial charge in [0.1, 0.15) is 11.9 Å². The normalized spacial score (nSPS) is 15.9. The van der Waals surface area contributed by atoms with Gasteiger partial charge in [0.15, 0.2) is 5.65 Å². The molecule has 0 aliphatic carbocycles. The Balaban J connectivity index is 1.40. The molecule has 1 aromatic carbocycles. The lowest BCUT2D eigenvalue weighted by Gasteiger charge is -2.48. The minimum Gasteiger partial charge on any atom is -0.273 e. The van der Waals surface area contributed by atoms with E-state index in [9.17, 15) is 10.1 Å². The molecule has 1 aliphatic rings. The average molecular weight is 528 g/mol. The zero-order valence-electron chi connectivity index (χ0n) is 22.3. The van der Waals surface area contributed by atoms with Gasteiger partial charge in [-0.15, -0.1) is 0 Å². The van der Waals surface area contributed by atoms with Crippen LogP contribution in [-0.4, -0.2) is 53.4 Å². The second kappa shape index (κ2) is 10.7. The number of aromatic nitrogens is 5. The zero-order valence-corrected chi connectivity index (χ0v) is 23.1. The quantitative estimate of drug-likeness (QED) is 0.264. The van der Waals surface area contributed by atoms with Crippen LogP contribution in [0.2, 0.25) is 0 Å². The Hall–Kier alpha value is -3.48. The smallest absolute Gasteiger partial charge is 0.239 e. The molecule has 0 saturated carbocycles. The molecule has 38 heavy (non-hydrogen) atoms. The number of hydrogen-bond donors (Lipinski definition) is 0. The highest BCUT2D eigenvalue weighted by atomic mass is 32.2. The van der Waals surface area contributed by atoms with Crippen molar-refractivity contribution in [2.24, 2.45) is 5.92 Å². The first-order valence-electron chi connectivity index (χ1n) is 13.1. The number of nitrogens with zero attached hydrogens (tertiary/aromatic N) is 7. The highest BCUT2D eigenvalue weighted by Gasteiger charge is 2.45. The highest BCUT2D eigenvalue weighted by Crippen LogP contribution is 2.37. The van der Waals surface area contributed by atoms with E-state index in [2.05, 4.69) is 70.5 Å². The molecule has 0 bridgehead atoms. The molecular formula is C29H33N7OS. The van der Waals surface area contributed by atoms with Crippen molar-refractivity contribution in [2.45, 2.75) is 52.0 Å². The Morgan fingerprint density at radius 3 is 2.61 bits per heavy atom. The predicted octanol–water partition coefficient (Wildman–Crippen LogP) is 5.53. The molecule has 4 heterocycles. The number of hydrogen-bond acceptors (Lipinski definition) is 7. The number of nitriles is 1. The van der Waals surface area contributed by atoms with Gasteiger partial charge in [-0.05, 0) is 36.5 Å². The van der Waals surface area contributed by atoms with Crippen LogP contribution in [0.4, 0.5) is 0 Å². The third-order valence-corrected chi connectivity index (χ3v) is 8.10. The Morgan fingerprint density at radius 1 is 1.16 bits per heavy atom. The molecule has 1 unspecified atom stereocenters. The molecule has 196 valence electrons. The lowest BCUT2D eigenvalue weighted by atomic mass is 9.89. The number of benzene rings is 1. The molecule has 0 N–H and O–H groups in total. The van der Waals surface area contributed by atoms with Gasteiger partial charge in [-0.2, -0.15) is 10.4 Å². The fraction of sp³-hybridized carbons (Fsp3) is 0.414. The van der Waals surface area contributed by atoms with E-state index in [1.54, 1.807) is 28.9 Å². The zero-order chi connectivity index (χ0) is 26.9. The summed E-state index contributed by atoms with van der Waals surface area (Å²) in [6, 6.07) is 12.6. The molecule has 4 aromatic rings. The van der Waals surface area contributed by atoms with Gasteiger partial charge in [0.25, 0.3) is 0 Å². The maximum Gasteiger partial charge on any atom is 0.239 e. The third kappa shape index (κ3) is 4.86. The minimum absolute atomic E-state index is 0.0343. The molecule has 0 spiro atoms. The first kappa shape index (κ1) is 26.1. The molecule has 8 nitrogen and oxygen atoms in total. The van der Waals surface area contributed by atoms with Crippen molar-refractivity contribution in [1.29, 1.82) is 5.26 Å². The van der Waals surface area contributed by atoms with E-state index >= 15 is 0 Å². The summed E-state index contributed by atoms with van der Waals surface area (Å²) >= 11 is 1.78. The van der Waals surface area contributed by atoms with Crippen LogP contribution in [0.15, 0.2) is 55.2 Å². The Bertz CT molecular complexity index is 1470. The number of rotatable bonds is 9. The van der Waals surface area contributed by atoms with Crippen molar-refractivity contribution in [3.8, 4) is 17.3 Å². The largest absolute Gasteiger partial charge is 0.273 e. The monoisotopic (exact) mass is 527 g/mol. The molecule has 5 rings (SSSR count). The SMILES string of the molecule is CCSN1CC(CC#N)(n2cc(-c3ncnc4c3ccn4C(=O)C(C)c3ccc(CC(C)C)cc3)cn2)C1. The van der Waals surface area contributed by atoms with Gasteiger partial charge in [-0.3, -0.25) is 14.0 Å². The molecule has 3 aromatic heterocycles. The van der Waals surface area contributed by atoms with Crippen LogP contribution in [0, 0.1) is 17.2 Å². The topological polar surface area (TPSA) is 92.6 Å². The van der Waals surface area contributed by atoms with Crippen LogP contribution in [0.25, 0.3) is 22.3 Å². The second-order valence-corrected chi connectivity index (χ2v) is 11.8. The maximum atomic E-state index is 13.5. The van der Waals surface area contributed by atoms with Crippen molar-refractivity contribution >= 4 is 28.9 Å². The predicted molar refractivity (Wildman–Crippen MR) is 151 cm³/mol. The molecule has 1 aliphatic heterocycles. The Labute approximate surface area is 227 Å². The fourth-order valence-electron chi connectivity index (χ4n) is 5.20. The molecular weight excluding hydrogens is 494 g/mol. The van der Waals surface area contributed by atoms with Crippen LogP contribution in [0.1, 0.15) is 56.0 Å². The van der Waals surface area contributed by atoms with E-state index < -0.39 is 0 Å². The number of carbonyl (C=O) groups is 1. The first-order chi connectivity index (χ1) is 18.3. The maximum absolute atomic E-state index is 13.5. The van der Waals surface area contributed by atoms with Gasteiger partial charge < -0.3 is 0 Å². The molecule has 0 amide bonds. The van der Waals surface area contributed by atoms with Crippen LogP contribution in [-0.2, 0) is 12.0 Å². The van der Waals surface area contributed by atoms with Crippen molar-refractivity contribution < 1.29 is 4.79 Å². The highest BCUT2D eigenvalue weighted by molar-refractivity contribution is 7.97. The summed E-state index contributed by atoms with van der Waals surface area (Å²) in [5, 5.41) is 14.9. The molecule has 9 heteroatoms. The van der Waals surface area contributed by atoms with Crippen molar-refractivity contribution in [2.75, 3.05) is 18.8 Å². The standard InChI is InChI=1S/C29H33N7OS/c1-5-38-34-17-29(18-34,11-12-30)36-16-24(15-33-36)26-25-10-13-35(27(25)32-19-31-26)28(37)21(4)23-8-6-22(7-9-23)14-20(2)3/h6-10,13,15-16,19-21H,5,11,14,17-18H2,1-4H3. The Kier molecular flexibility index (Phi) is 7.37. The van der Waals surface area contributed by atoms with Gasteiger partial charge in [0.05, 0.1) is 30.3 Å². The van der Waals surface area contributed by atoms with E-state index in [-0.39, 0.29) is 17.4 Å². The first-order valence-corrected chi connectivity index (χ1v) is 14.0. The van der Waals surface area contributed by atoms with Crippen LogP contribution >= 0.6 is 11.9 Å². The van der Waals surface area contributed by atoms with E-state index in [4.69, 9.17) is 0 Å². The van der Waals surface area contributed by atoms with Gasteiger partial charge in [0.2, 0.25) is 5.91 Å². The summed E-state index contributed by atoms with van der Waals surface area (Å²) in [6.07, 6.45) is 8.45. The minimum atomic E-state index is -0.330. The average Bonchev–Trinajstić information content (AvgIpc) is 3.55. The summed E-state index contributed by atoms with van der Waals surface area (Å²) in [5.74, 6) is 1.25. The van der Waals surface area contributed by atoms with Crippen molar-refractivity contribution in [3.63, 3.8) is 0 Å². The lowest BCUT2D eigenvalue weighted by molar-refractivity contribution is 0.0812. The van der Waals surface area contributed by atoms with E-state index in [1.165, 1.54) is 11.9 Å². The number of carbonyl (C=O) groups excluding carboxylic acids is 1. The van der Waals surface area contributed by atoms with Gasteiger partial charge in [-0.25, -0.2) is 14.3 Å². The summed E-state index contributed by atoms with van der Waals surface area (Å²) < 4.78 is 5.81. The molecule has 1 fully saturated rings. The summed E-state index contributed by atoms with van der Waals surface area (Å²) in [6.45, 7) is 10.0. The van der Waals surface area contributed by atoms with E-state index in [0.717, 1.165) is 47.5 Å². The second-order valence-electron chi connectivity index (χ2n) is 10.5. The fourth-order valence-corrected chi connectivity index (χ4v) is 6.23. The number of fused-ring (bicyclic) bond motifs is 1. The van der Waals surface area contributed by atoms with Gasteiger partial charge in [-0.1, -0.05) is 57.0 Å².